The normalized spacial score (nSPS) is 26.5. The third-order valence-corrected chi connectivity index (χ3v) is 4.82. The van der Waals surface area contributed by atoms with Gasteiger partial charge in [0, 0.05) is 26.6 Å². The lowest BCUT2D eigenvalue weighted by molar-refractivity contribution is -0.146. The number of amides is 4. The SMILES string of the molecule is CNC(=O)O[C@@H](CC(C)(C)F)C(=O)N1C[C@]2(CCNC2=O)C[C@H]1C(N)=O. The zero-order valence-corrected chi connectivity index (χ0v) is 15.1. The first-order valence-corrected chi connectivity index (χ1v) is 8.44. The summed E-state index contributed by atoms with van der Waals surface area (Å²) in [5.41, 5.74) is 2.73. The van der Waals surface area contributed by atoms with Gasteiger partial charge in [0.25, 0.3) is 5.91 Å². The molecule has 0 unspecified atom stereocenters. The monoisotopic (exact) mass is 372 g/mol. The molecule has 1 spiro atoms. The van der Waals surface area contributed by atoms with Crippen LogP contribution >= 0.6 is 0 Å². The summed E-state index contributed by atoms with van der Waals surface area (Å²) in [6.45, 7) is 2.93. The van der Waals surface area contributed by atoms with E-state index in [1.807, 2.05) is 0 Å². The van der Waals surface area contributed by atoms with Crippen molar-refractivity contribution in [3.8, 4) is 0 Å². The van der Waals surface area contributed by atoms with Crippen LogP contribution in [0.5, 0.6) is 0 Å². The van der Waals surface area contributed by atoms with Crippen molar-refractivity contribution in [2.24, 2.45) is 11.1 Å². The molecule has 2 saturated heterocycles. The van der Waals surface area contributed by atoms with E-state index >= 15 is 0 Å². The van der Waals surface area contributed by atoms with Crippen molar-refractivity contribution >= 4 is 23.8 Å². The van der Waals surface area contributed by atoms with Gasteiger partial charge in [0.2, 0.25) is 11.8 Å². The smallest absolute Gasteiger partial charge is 0.407 e. The molecule has 10 heteroatoms. The zero-order valence-electron chi connectivity index (χ0n) is 15.1. The van der Waals surface area contributed by atoms with E-state index in [0.717, 1.165) is 4.90 Å². The van der Waals surface area contributed by atoms with Crippen molar-refractivity contribution < 1.29 is 28.3 Å². The van der Waals surface area contributed by atoms with Crippen molar-refractivity contribution in [1.82, 2.24) is 15.5 Å². The molecule has 0 aromatic rings. The largest absolute Gasteiger partial charge is 0.436 e. The number of hydrogen-bond donors (Lipinski definition) is 3. The second-order valence-corrected chi connectivity index (χ2v) is 7.44. The number of primary amides is 1. The Bertz CT molecular complexity index is 620. The molecule has 2 fully saturated rings. The fourth-order valence-electron chi connectivity index (χ4n) is 3.52. The molecular formula is C16H25FN4O5. The molecule has 0 radical (unpaired) electrons. The Hall–Kier alpha value is -2.39. The number of nitrogens with zero attached hydrogens (tertiary/aromatic N) is 1. The van der Waals surface area contributed by atoms with Crippen molar-refractivity contribution in [1.29, 1.82) is 0 Å². The van der Waals surface area contributed by atoms with E-state index in [4.69, 9.17) is 10.5 Å². The molecular weight excluding hydrogens is 347 g/mol. The minimum Gasteiger partial charge on any atom is -0.436 e. The van der Waals surface area contributed by atoms with E-state index in [1.54, 1.807) is 0 Å². The predicted molar refractivity (Wildman–Crippen MR) is 88.5 cm³/mol. The van der Waals surface area contributed by atoms with E-state index in [-0.39, 0.29) is 25.3 Å². The average molecular weight is 372 g/mol. The number of nitrogens with one attached hydrogen (secondary N) is 2. The number of carbonyl (C=O) groups excluding carboxylic acids is 4. The average Bonchev–Trinajstić information content (AvgIpc) is 3.09. The summed E-state index contributed by atoms with van der Waals surface area (Å²) in [7, 11) is 1.31. The Morgan fingerprint density at radius 3 is 2.62 bits per heavy atom. The van der Waals surface area contributed by atoms with Crippen LogP contribution in [0.15, 0.2) is 0 Å². The summed E-state index contributed by atoms with van der Waals surface area (Å²) >= 11 is 0. The highest BCUT2D eigenvalue weighted by molar-refractivity contribution is 5.94. The molecule has 0 saturated carbocycles. The van der Waals surface area contributed by atoms with Crippen LogP contribution in [-0.2, 0) is 19.1 Å². The molecule has 4 N–H and O–H groups in total. The molecule has 9 nitrogen and oxygen atoms in total. The van der Waals surface area contributed by atoms with Crippen LogP contribution in [-0.4, -0.2) is 66.7 Å². The van der Waals surface area contributed by atoms with Crippen molar-refractivity contribution in [3.05, 3.63) is 0 Å². The molecule has 4 amide bonds. The molecule has 2 aliphatic heterocycles. The second kappa shape index (κ2) is 7.08. The number of ether oxygens (including phenoxy) is 1. The number of likely N-dealkylation sites (tertiary alicyclic amines) is 1. The van der Waals surface area contributed by atoms with Gasteiger partial charge in [0.1, 0.15) is 11.7 Å². The molecule has 146 valence electrons. The van der Waals surface area contributed by atoms with Gasteiger partial charge in [-0.15, -0.1) is 0 Å². The fraction of sp³-hybridized carbons (Fsp3) is 0.750. The van der Waals surface area contributed by atoms with Crippen molar-refractivity contribution in [2.45, 2.75) is 50.9 Å². The molecule has 0 bridgehead atoms. The van der Waals surface area contributed by atoms with Gasteiger partial charge in [-0.2, -0.15) is 0 Å². The number of carbonyl (C=O) groups is 4. The van der Waals surface area contributed by atoms with Crippen molar-refractivity contribution in [3.63, 3.8) is 0 Å². The third kappa shape index (κ3) is 4.05. The van der Waals surface area contributed by atoms with Crippen LogP contribution in [0.2, 0.25) is 0 Å². The molecule has 0 aromatic heterocycles. The maximum Gasteiger partial charge on any atom is 0.407 e. The highest BCUT2D eigenvalue weighted by Gasteiger charge is 2.55. The summed E-state index contributed by atoms with van der Waals surface area (Å²) in [4.78, 5) is 49.7. The third-order valence-electron chi connectivity index (χ3n) is 4.82. The van der Waals surface area contributed by atoms with Crippen LogP contribution < -0.4 is 16.4 Å². The zero-order chi connectivity index (χ0) is 19.7. The summed E-state index contributed by atoms with van der Waals surface area (Å²) < 4.78 is 19.1. The molecule has 3 atom stereocenters. The van der Waals surface area contributed by atoms with Gasteiger partial charge in [-0.1, -0.05) is 0 Å². The topological polar surface area (TPSA) is 131 Å². The van der Waals surface area contributed by atoms with E-state index < -0.39 is 41.1 Å². The number of hydrogen-bond acceptors (Lipinski definition) is 5. The number of nitrogens with two attached hydrogens (primary N) is 1. The lowest BCUT2D eigenvalue weighted by Crippen LogP contribution is -2.50. The van der Waals surface area contributed by atoms with Gasteiger partial charge in [-0.3, -0.25) is 14.4 Å². The first-order valence-electron chi connectivity index (χ1n) is 8.44. The Morgan fingerprint density at radius 2 is 2.15 bits per heavy atom. The quantitative estimate of drug-likeness (QED) is 0.595. The number of rotatable bonds is 5. The maximum atomic E-state index is 14.1. The highest BCUT2D eigenvalue weighted by Crippen LogP contribution is 2.41. The molecule has 2 rings (SSSR count). The van der Waals surface area contributed by atoms with E-state index in [9.17, 15) is 23.6 Å². The van der Waals surface area contributed by atoms with Crippen LogP contribution in [0, 0.1) is 5.41 Å². The number of alkyl halides is 1. The maximum absolute atomic E-state index is 14.1. The first-order chi connectivity index (χ1) is 12.0. The summed E-state index contributed by atoms with van der Waals surface area (Å²) in [6, 6.07) is -1.01. The van der Waals surface area contributed by atoms with Gasteiger partial charge in [-0.25, -0.2) is 9.18 Å². The summed E-state index contributed by atoms with van der Waals surface area (Å²) in [5.74, 6) is -1.73. The van der Waals surface area contributed by atoms with Crippen LogP contribution in [0.25, 0.3) is 0 Å². The minimum absolute atomic E-state index is 0.0222. The van der Waals surface area contributed by atoms with Crippen LogP contribution in [0.1, 0.15) is 33.1 Å². The van der Waals surface area contributed by atoms with Gasteiger partial charge < -0.3 is 26.0 Å². The lowest BCUT2D eigenvalue weighted by Gasteiger charge is -2.29. The van der Waals surface area contributed by atoms with E-state index in [1.165, 1.54) is 20.9 Å². The number of halogens is 1. The Morgan fingerprint density at radius 1 is 1.50 bits per heavy atom. The molecule has 2 heterocycles. The van der Waals surface area contributed by atoms with Gasteiger partial charge in [0.15, 0.2) is 6.10 Å². The Balaban J connectivity index is 2.28. The molecule has 2 aliphatic rings. The minimum atomic E-state index is -1.79. The molecule has 26 heavy (non-hydrogen) atoms. The second-order valence-electron chi connectivity index (χ2n) is 7.44. The van der Waals surface area contributed by atoms with Gasteiger partial charge in [-0.05, 0) is 26.7 Å². The predicted octanol–water partition coefficient (Wildman–Crippen LogP) is -0.558. The van der Waals surface area contributed by atoms with Crippen LogP contribution in [0.3, 0.4) is 0 Å². The fourth-order valence-corrected chi connectivity index (χ4v) is 3.52. The van der Waals surface area contributed by atoms with E-state index in [2.05, 4.69) is 10.6 Å². The van der Waals surface area contributed by atoms with Crippen molar-refractivity contribution in [2.75, 3.05) is 20.1 Å². The highest BCUT2D eigenvalue weighted by atomic mass is 19.1. The van der Waals surface area contributed by atoms with Gasteiger partial charge in [0.05, 0.1) is 5.41 Å². The lowest BCUT2D eigenvalue weighted by atomic mass is 9.84. The molecule has 0 aliphatic carbocycles. The summed E-state index contributed by atoms with van der Waals surface area (Å²) in [6.07, 6.45) is -2.15. The van der Waals surface area contributed by atoms with Crippen LogP contribution in [0.4, 0.5) is 9.18 Å². The Labute approximate surface area is 150 Å². The standard InChI is InChI=1S/C16H25FN4O5/c1-15(2,17)7-10(26-14(25)19-3)12(23)21-8-16(4-5-20-13(16)24)6-9(21)11(18)22/h9-10H,4-8H2,1-3H3,(H2,18,22)(H,19,25)(H,20,24)/t9-,10-,16-/m0/s1. The first kappa shape index (κ1) is 19.9. The van der Waals surface area contributed by atoms with E-state index in [0.29, 0.717) is 13.0 Å². The molecule has 0 aromatic carbocycles. The van der Waals surface area contributed by atoms with Gasteiger partial charge >= 0.3 is 6.09 Å². The number of alkyl carbamates (subject to hydrolysis) is 1. The Kier molecular flexibility index (Phi) is 5.43. The summed E-state index contributed by atoms with van der Waals surface area (Å²) in [5, 5.41) is 4.90.